The zero-order chi connectivity index (χ0) is 15.9. The third kappa shape index (κ3) is 2.63. The molecule has 0 spiro atoms. The van der Waals surface area contributed by atoms with E-state index in [4.69, 9.17) is 0 Å². The molecule has 2 aliphatic rings. The summed E-state index contributed by atoms with van der Waals surface area (Å²) in [5.41, 5.74) is 0.744. The lowest BCUT2D eigenvalue weighted by molar-refractivity contribution is -0.161. The van der Waals surface area contributed by atoms with Crippen molar-refractivity contribution in [1.29, 1.82) is 0 Å². The van der Waals surface area contributed by atoms with Gasteiger partial charge in [-0.25, -0.2) is 4.79 Å². The molecule has 118 valence electrons. The van der Waals surface area contributed by atoms with Gasteiger partial charge in [0.05, 0.1) is 18.1 Å². The fourth-order valence-electron chi connectivity index (χ4n) is 3.07. The number of aliphatic hydroxyl groups is 1. The Morgan fingerprint density at radius 1 is 1.38 bits per heavy atom. The molecule has 0 radical (unpaired) electrons. The predicted octanol–water partition coefficient (Wildman–Crippen LogP) is -0.612. The minimum Gasteiger partial charge on any atom is -0.477 e. The van der Waals surface area contributed by atoms with Crippen molar-refractivity contribution in [3.63, 3.8) is 0 Å². The Morgan fingerprint density at radius 2 is 2.00 bits per heavy atom. The van der Waals surface area contributed by atoms with Gasteiger partial charge in [-0.05, 0) is 21.0 Å². The molecule has 0 bridgehead atoms. The van der Waals surface area contributed by atoms with Gasteiger partial charge < -0.3 is 20.0 Å². The minimum atomic E-state index is -1.08. The Bertz CT molecular complexity index is 487. The molecule has 7 nitrogen and oxygen atoms in total. The van der Waals surface area contributed by atoms with Crippen LogP contribution in [-0.2, 0) is 9.59 Å². The Kier molecular flexibility index (Phi) is 4.25. The maximum Gasteiger partial charge on any atom is 0.354 e. The molecule has 1 amide bonds. The van der Waals surface area contributed by atoms with Crippen molar-refractivity contribution in [3.8, 4) is 0 Å². The average Bonchev–Trinajstić information content (AvgIpc) is 2.70. The van der Waals surface area contributed by atoms with Crippen LogP contribution in [0.1, 0.15) is 13.3 Å². The molecule has 7 heteroatoms. The Hall–Kier alpha value is -1.60. The quantitative estimate of drug-likeness (QED) is 0.636. The van der Waals surface area contributed by atoms with E-state index in [-0.39, 0.29) is 17.6 Å². The van der Waals surface area contributed by atoms with Crippen LogP contribution in [0.15, 0.2) is 11.4 Å². The number of fused-ring (bicyclic) bond motifs is 1. The molecular weight excluding hydrogens is 274 g/mol. The van der Waals surface area contributed by atoms with Crippen LogP contribution in [0.25, 0.3) is 0 Å². The molecule has 21 heavy (non-hydrogen) atoms. The second-order valence-electron chi connectivity index (χ2n) is 6.07. The first kappa shape index (κ1) is 15.8. The summed E-state index contributed by atoms with van der Waals surface area (Å²) in [6.07, 6.45) is -0.257. The molecule has 0 saturated carbocycles. The molecule has 0 aromatic rings. The van der Waals surface area contributed by atoms with Crippen LogP contribution < -0.4 is 0 Å². The number of hydrogen-bond donors (Lipinski definition) is 2. The van der Waals surface area contributed by atoms with Crippen LogP contribution >= 0.6 is 0 Å². The highest BCUT2D eigenvalue weighted by molar-refractivity contribution is 5.99. The van der Waals surface area contributed by atoms with E-state index in [1.54, 1.807) is 6.92 Å². The van der Waals surface area contributed by atoms with Crippen molar-refractivity contribution in [2.45, 2.75) is 25.5 Å². The number of likely N-dealkylation sites (N-methyl/N-ethyl adjacent to an activating group) is 2. The number of aliphatic carboxylic acids is 1. The molecule has 3 atom stereocenters. The summed E-state index contributed by atoms with van der Waals surface area (Å²) in [7, 11) is 5.75. The van der Waals surface area contributed by atoms with Crippen molar-refractivity contribution in [3.05, 3.63) is 11.4 Å². The van der Waals surface area contributed by atoms with Crippen molar-refractivity contribution in [1.82, 2.24) is 14.7 Å². The van der Waals surface area contributed by atoms with Crippen LogP contribution in [-0.4, -0.2) is 83.2 Å². The van der Waals surface area contributed by atoms with Crippen molar-refractivity contribution < 1.29 is 19.8 Å². The lowest BCUT2D eigenvalue weighted by atomic mass is 9.83. The maximum atomic E-state index is 12.1. The van der Waals surface area contributed by atoms with Gasteiger partial charge in [0.2, 0.25) is 5.91 Å². The summed E-state index contributed by atoms with van der Waals surface area (Å²) < 4.78 is 0. The Labute approximate surface area is 124 Å². The number of aliphatic hydroxyl groups excluding tert-OH is 1. The van der Waals surface area contributed by atoms with Gasteiger partial charge in [0.15, 0.2) is 0 Å². The average molecular weight is 297 g/mol. The van der Waals surface area contributed by atoms with Crippen LogP contribution in [0.3, 0.4) is 0 Å². The molecule has 0 aliphatic carbocycles. The van der Waals surface area contributed by atoms with Gasteiger partial charge in [-0.2, -0.15) is 0 Å². The van der Waals surface area contributed by atoms with Crippen molar-refractivity contribution >= 4 is 11.9 Å². The standard InChI is InChI=1S/C14H23N3O4/c1-8(18)11-9-7-10(16(4)6-5-15(2)3)12(14(20)21)17(9)13(11)19/h8-9,11,18H,5-7H2,1-4H3,(H,20,21). The second kappa shape index (κ2) is 5.65. The van der Waals surface area contributed by atoms with E-state index in [0.717, 1.165) is 6.54 Å². The summed E-state index contributed by atoms with van der Waals surface area (Å²) in [5, 5.41) is 19.1. The summed E-state index contributed by atoms with van der Waals surface area (Å²) in [5.74, 6) is -1.86. The monoisotopic (exact) mass is 297 g/mol. The summed E-state index contributed by atoms with van der Waals surface area (Å²) >= 11 is 0. The van der Waals surface area contributed by atoms with E-state index in [1.807, 2.05) is 30.9 Å². The highest BCUT2D eigenvalue weighted by Crippen LogP contribution is 2.44. The molecule has 3 unspecified atom stereocenters. The number of carbonyl (C=O) groups excluding carboxylic acids is 1. The van der Waals surface area contributed by atoms with Crippen molar-refractivity contribution in [2.24, 2.45) is 5.92 Å². The maximum absolute atomic E-state index is 12.1. The number of nitrogens with zero attached hydrogens (tertiary/aromatic N) is 3. The first-order valence-corrected chi connectivity index (χ1v) is 7.09. The number of amides is 1. The summed E-state index contributed by atoms with van der Waals surface area (Å²) in [6, 6.07) is -0.222. The molecule has 2 heterocycles. The Morgan fingerprint density at radius 3 is 2.48 bits per heavy atom. The third-order valence-corrected chi connectivity index (χ3v) is 4.25. The van der Waals surface area contributed by atoms with E-state index in [9.17, 15) is 19.8 Å². The molecule has 1 saturated heterocycles. The largest absolute Gasteiger partial charge is 0.477 e. The number of carboxylic acid groups (broad SMARTS) is 1. The number of carbonyl (C=O) groups is 2. The van der Waals surface area contributed by atoms with Gasteiger partial charge in [0.1, 0.15) is 5.70 Å². The first-order chi connectivity index (χ1) is 9.75. The van der Waals surface area contributed by atoms with Gasteiger partial charge in [0.25, 0.3) is 0 Å². The molecule has 2 aliphatic heterocycles. The first-order valence-electron chi connectivity index (χ1n) is 7.09. The van der Waals surface area contributed by atoms with Gasteiger partial charge in [-0.1, -0.05) is 0 Å². The van der Waals surface area contributed by atoms with E-state index in [1.165, 1.54) is 4.90 Å². The molecular formula is C14H23N3O4. The van der Waals surface area contributed by atoms with Crippen LogP contribution in [0.5, 0.6) is 0 Å². The highest BCUT2D eigenvalue weighted by Gasteiger charge is 2.57. The van der Waals surface area contributed by atoms with Crippen LogP contribution in [0.2, 0.25) is 0 Å². The smallest absolute Gasteiger partial charge is 0.354 e. The van der Waals surface area contributed by atoms with E-state index in [2.05, 4.69) is 0 Å². The van der Waals surface area contributed by atoms with E-state index in [0.29, 0.717) is 18.7 Å². The van der Waals surface area contributed by atoms with E-state index >= 15 is 0 Å². The lowest BCUT2D eigenvalue weighted by Crippen LogP contribution is -2.61. The van der Waals surface area contributed by atoms with E-state index < -0.39 is 18.0 Å². The number of rotatable bonds is 6. The molecule has 0 aromatic carbocycles. The van der Waals surface area contributed by atoms with Crippen LogP contribution in [0, 0.1) is 5.92 Å². The van der Waals surface area contributed by atoms with Gasteiger partial charge in [0, 0.05) is 32.3 Å². The van der Waals surface area contributed by atoms with Gasteiger partial charge in [-0.15, -0.1) is 0 Å². The fraction of sp³-hybridized carbons (Fsp3) is 0.714. The topological polar surface area (TPSA) is 84.3 Å². The third-order valence-electron chi connectivity index (χ3n) is 4.25. The zero-order valence-corrected chi connectivity index (χ0v) is 12.9. The zero-order valence-electron chi connectivity index (χ0n) is 12.9. The summed E-state index contributed by atoms with van der Waals surface area (Å²) in [6.45, 7) is 3.06. The minimum absolute atomic E-state index is 0.0724. The van der Waals surface area contributed by atoms with Gasteiger partial charge >= 0.3 is 5.97 Å². The fourth-order valence-corrected chi connectivity index (χ4v) is 3.07. The van der Waals surface area contributed by atoms with Crippen molar-refractivity contribution in [2.75, 3.05) is 34.2 Å². The highest BCUT2D eigenvalue weighted by atomic mass is 16.4. The SMILES string of the molecule is CC(O)C1C(=O)N2C(C(=O)O)=C(N(C)CCN(C)C)CC12. The number of hydrogen-bond acceptors (Lipinski definition) is 5. The number of carboxylic acids is 1. The second-order valence-corrected chi connectivity index (χ2v) is 6.07. The lowest BCUT2D eigenvalue weighted by Gasteiger charge is -2.44. The predicted molar refractivity (Wildman–Crippen MR) is 76.3 cm³/mol. The Balaban J connectivity index is 2.20. The normalized spacial score (nSPS) is 26.0. The molecule has 1 fully saturated rings. The van der Waals surface area contributed by atoms with Gasteiger partial charge in [-0.3, -0.25) is 9.69 Å². The van der Waals surface area contributed by atoms with Crippen LogP contribution in [0.4, 0.5) is 0 Å². The molecule has 0 aromatic heterocycles. The molecule has 2 rings (SSSR count). The summed E-state index contributed by atoms with van der Waals surface area (Å²) in [4.78, 5) is 28.8. The number of β-lactam (4-membered cyclic amide) rings is 1. The molecule has 2 N–H and O–H groups in total.